The summed E-state index contributed by atoms with van der Waals surface area (Å²) in [5, 5.41) is 24.3. The number of ether oxygens (including phenoxy) is 1. The number of hydrogen-bond donors (Lipinski definition) is 3. The van der Waals surface area contributed by atoms with Crippen LogP contribution in [0, 0.1) is 11.8 Å². The van der Waals surface area contributed by atoms with Crippen LogP contribution >= 0.6 is 11.6 Å². The van der Waals surface area contributed by atoms with Crippen molar-refractivity contribution in [3.63, 3.8) is 0 Å². The van der Waals surface area contributed by atoms with Crippen molar-refractivity contribution in [3.05, 3.63) is 87.6 Å². The van der Waals surface area contributed by atoms with Crippen LogP contribution in [0.25, 0.3) is 22.9 Å². The SMILES string of the molecule is COC(=O)Nc1ccc(-c2cc([C@H](CC3CCCN(C(=O)C(C)C)C3)NC(=O)/C=C/c3cc(Cl)ccc3-n3cnnn3)n[nH]c2=O)cc1. The van der Waals surface area contributed by atoms with Crippen molar-refractivity contribution >= 4 is 41.3 Å². The average Bonchev–Trinajstić information content (AvgIpc) is 3.62. The first-order chi connectivity index (χ1) is 23.1. The fraction of sp³-hybridized carbons (Fsp3) is 0.333. The van der Waals surface area contributed by atoms with Crippen molar-refractivity contribution in [2.75, 3.05) is 25.5 Å². The second-order valence-corrected chi connectivity index (χ2v) is 12.2. The van der Waals surface area contributed by atoms with Crippen molar-refractivity contribution in [2.24, 2.45) is 11.8 Å². The summed E-state index contributed by atoms with van der Waals surface area (Å²) in [6, 6.07) is 12.9. The van der Waals surface area contributed by atoms with E-state index in [1.54, 1.807) is 54.6 Å². The second-order valence-electron chi connectivity index (χ2n) is 11.8. The fourth-order valence-electron chi connectivity index (χ4n) is 5.65. The van der Waals surface area contributed by atoms with Crippen molar-refractivity contribution in [2.45, 2.75) is 39.2 Å². The van der Waals surface area contributed by atoms with Crippen LogP contribution in [-0.2, 0) is 14.3 Å². The summed E-state index contributed by atoms with van der Waals surface area (Å²) >= 11 is 6.25. The minimum absolute atomic E-state index is 0.0796. The smallest absolute Gasteiger partial charge is 0.411 e. The zero-order valence-corrected chi connectivity index (χ0v) is 27.5. The van der Waals surface area contributed by atoms with Crippen LogP contribution in [0.4, 0.5) is 10.5 Å². The number of benzene rings is 2. The molecule has 1 fully saturated rings. The molecule has 3 amide bonds. The number of tetrazole rings is 1. The van der Waals surface area contributed by atoms with Gasteiger partial charge in [0.25, 0.3) is 5.56 Å². The van der Waals surface area contributed by atoms with E-state index in [1.165, 1.54) is 24.2 Å². The largest absolute Gasteiger partial charge is 0.453 e. The third kappa shape index (κ3) is 8.50. The molecular weight excluding hydrogens is 638 g/mol. The maximum Gasteiger partial charge on any atom is 0.411 e. The van der Waals surface area contributed by atoms with Crippen LogP contribution < -0.4 is 16.2 Å². The maximum absolute atomic E-state index is 13.5. The number of aromatic amines is 1. The number of methoxy groups -OCH3 is 1. The molecule has 0 bridgehead atoms. The molecule has 5 rings (SSSR count). The van der Waals surface area contributed by atoms with Gasteiger partial charge in [0, 0.05) is 41.4 Å². The van der Waals surface area contributed by atoms with Gasteiger partial charge in [0.1, 0.15) is 6.33 Å². The Labute approximate surface area is 281 Å². The van der Waals surface area contributed by atoms with Gasteiger partial charge < -0.3 is 15.0 Å². The predicted molar refractivity (Wildman–Crippen MR) is 179 cm³/mol. The molecule has 1 aliphatic heterocycles. The molecule has 1 saturated heterocycles. The third-order valence-electron chi connectivity index (χ3n) is 8.02. The summed E-state index contributed by atoms with van der Waals surface area (Å²) in [5.74, 6) is -0.346. The van der Waals surface area contributed by atoms with Gasteiger partial charge in [-0.1, -0.05) is 37.6 Å². The van der Waals surface area contributed by atoms with Crippen molar-refractivity contribution in [3.8, 4) is 16.8 Å². The summed E-state index contributed by atoms with van der Waals surface area (Å²) < 4.78 is 6.10. The summed E-state index contributed by atoms with van der Waals surface area (Å²) in [6.07, 6.45) is 6.03. The van der Waals surface area contributed by atoms with Crippen molar-refractivity contribution in [1.82, 2.24) is 40.6 Å². The first kappa shape index (κ1) is 34.0. The quantitative estimate of drug-likeness (QED) is 0.206. The van der Waals surface area contributed by atoms with Crippen LogP contribution in [0.1, 0.15) is 50.4 Å². The Hall–Kier alpha value is -5.37. The highest BCUT2D eigenvalue weighted by Crippen LogP contribution is 2.29. The van der Waals surface area contributed by atoms with Gasteiger partial charge in [-0.05, 0) is 83.6 Å². The van der Waals surface area contributed by atoms with Crippen molar-refractivity contribution < 1.29 is 19.1 Å². The molecule has 0 saturated carbocycles. The van der Waals surface area contributed by atoms with E-state index < -0.39 is 23.6 Å². The molecule has 3 heterocycles. The number of likely N-dealkylation sites (tertiary alicyclic amines) is 1. The number of nitrogens with one attached hydrogen (secondary N) is 3. The van der Waals surface area contributed by atoms with Crippen LogP contribution in [-0.4, -0.2) is 73.4 Å². The summed E-state index contributed by atoms with van der Waals surface area (Å²) in [5.41, 5.74) is 2.70. The van der Waals surface area contributed by atoms with Crippen LogP contribution in [0.2, 0.25) is 5.02 Å². The van der Waals surface area contributed by atoms with Gasteiger partial charge in [-0.25, -0.2) is 9.89 Å². The number of amides is 3. The number of rotatable bonds is 10. The lowest BCUT2D eigenvalue weighted by atomic mass is 9.89. The molecule has 0 spiro atoms. The lowest BCUT2D eigenvalue weighted by Crippen LogP contribution is -2.43. The molecular formula is C33H36ClN9O5. The summed E-state index contributed by atoms with van der Waals surface area (Å²) in [6.45, 7) is 5.02. The van der Waals surface area contributed by atoms with Gasteiger partial charge in [-0.3, -0.25) is 19.7 Å². The molecule has 0 aliphatic carbocycles. The van der Waals surface area contributed by atoms with E-state index in [9.17, 15) is 19.2 Å². The Morgan fingerprint density at radius 1 is 1.15 bits per heavy atom. The first-order valence-corrected chi connectivity index (χ1v) is 15.8. The third-order valence-corrected chi connectivity index (χ3v) is 8.25. The Balaban J connectivity index is 1.43. The van der Waals surface area contributed by atoms with E-state index in [0.717, 1.165) is 12.8 Å². The molecule has 0 radical (unpaired) electrons. The highest BCUT2D eigenvalue weighted by atomic mass is 35.5. The van der Waals surface area contributed by atoms with Gasteiger partial charge in [-0.2, -0.15) is 9.78 Å². The second kappa shape index (κ2) is 15.5. The number of anilines is 1. The van der Waals surface area contributed by atoms with Crippen LogP contribution in [0.15, 0.2) is 65.7 Å². The molecule has 4 aromatic rings. The monoisotopic (exact) mass is 673 g/mol. The highest BCUT2D eigenvalue weighted by molar-refractivity contribution is 6.30. The molecule has 2 aromatic carbocycles. The Bertz CT molecular complexity index is 1840. The number of nitrogens with zero attached hydrogens (tertiary/aromatic N) is 6. The molecule has 2 aromatic heterocycles. The van der Waals surface area contributed by atoms with Crippen LogP contribution in [0.3, 0.4) is 0 Å². The molecule has 1 aliphatic rings. The summed E-state index contributed by atoms with van der Waals surface area (Å²) in [7, 11) is 1.27. The predicted octanol–water partition coefficient (Wildman–Crippen LogP) is 4.40. The maximum atomic E-state index is 13.5. The number of piperidine rings is 1. The van der Waals surface area contributed by atoms with E-state index in [1.807, 2.05) is 18.7 Å². The lowest BCUT2D eigenvalue weighted by molar-refractivity contribution is -0.136. The number of halogens is 1. The normalized spacial score (nSPS) is 15.4. The van der Waals surface area contributed by atoms with Crippen molar-refractivity contribution in [1.29, 1.82) is 0 Å². The van der Waals surface area contributed by atoms with E-state index in [4.69, 9.17) is 11.6 Å². The Morgan fingerprint density at radius 3 is 2.65 bits per heavy atom. The van der Waals surface area contributed by atoms with Gasteiger partial charge >= 0.3 is 6.09 Å². The number of H-pyrrole nitrogens is 1. The molecule has 250 valence electrons. The average molecular weight is 674 g/mol. The van der Waals surface area contributed by atoms with E-state index in [2.05, 4.69) is 41.1 Å². The molecule has 15 heteroatoms. The highest BCUT2D eigenvalue weighted by Gasteiger charge is 2.29. The first-order valence-electron chi connectivity index (χ1n) is 15.5. The van der Waals surface area contributed by atoms with E-state index >= 15 is 0 Å². The van der Waals surface area contributed by atoms with Crippen LogP contribution in [0.5, 0.6) is 0 Å². The minimum atomic E-state index is -0.613. The zero-order chi connectivity index (χ0) is 34.2. The number of hydrogen-bond acceptors (Lipinski definition) is 9. The number of carbonyl (C=O) groups is 3. The van der Waals surface area contributed by atoms with E-state index in [0.29, 0.717) is 58.3 Å². The van der Waals surface area contributed by atoms with E-state index in [-0.39, 0.29) is 17.7 Å². The topological polar surface area (TPSA) is 177 Å². The lowest BCUT2D eigenvalue weighted by Gasteiger charge is -2.35. The van der Waals surface area contributed by atoms with Gasteiger partial charge in [0.15, 0.2) is 0 Å². The molecule has 2 atom stereocenters. The number of aromatic nitrogens is 6. The number of carbonyl (C=O) groups excluding carboxylic acids is 3. The molecule has 14 nitrogen and oxygen atoms in total. The molecule has 3 N–H and O–H groups in total. The standard InChI is InChI=1S/C33H36ClN9O5/c1-20(2)32(46)42-14-4-5-21(18-42)15-27(37-30(44)13-8-23-16-24(34)9-12-29(23)43-19-35-40-41-43)28-17-26(31(45)39-38-28)22-6-10-25(11-7-22)36-33(47)48-3/h6-13,16-17,19-21,27H,4-5,14-15,18H2,1-3H3,(H,36,47)(H,37,44)(H,39,45)/b13-8+/t21?,27-/m0/s1. The summed E-state index contributed by atoms with van der Waals surface area (Å²) in [4.78, 5) is 52.7. The Kier molecular flexibility index (Phi) is 11.0. The van der Waals surface area contributed by atoms with Gasteiger partial charge in [0.05, 0.1) is 30.1 Å². The molecule has 48 heavy (non-hydrogen) atoms. The van der Waals surface area contributed by atoms with Gasteiger partial charge in [0.2, 0.25) is 11.8 Å². The Morgan fingerprint density at radius 2 is 1.94 bits per heavy atom. The van der Waals surface area contributed by atoms with Gasteiger partial charge in [-0.15, -0.1) is 5.10 Å². The fourth-order valence-corrected chi connectivity index (χ4v) is 5.83. The zero-order valence-electron chi connectivity index (χ0n) is 26.7. The minimum Gasteiger partial charge on any atom is -0.453 e. The molecule has 1 unspecified atom stereocenters.